The number of benzene rings is 1. The van der Waals surface area contributed by atoms with Gasteiger partial charge in [0.25, 0.3) is 0 Å². The molecule has 0 unspecified atom stereocenters. The maximum atomic E-state index is 5.55. The normalized spacial score (nSPS) is 10.5. The number of hydrogen-bond acceptors (Lipinski definition) is 4. The van der Waals surface area contributed by atoms with Gasteiger partial charge in [-0.1, -0.05) is 22.0 Å². The number of aromatic nitrogens is 2. The predicted octanol–water partition coefficient (Wildman–Crippen LogP) is 2.89. The molecule has 5 heteroatoms. The third kappa shape index (κ3) is 3.52. The molecule has 0 fully saturated rings. The van der Waals surface area contributed by atoms with Gasteiger partial charge in [-0.2, -0.15) is 0 Å². The predicted molar refractivity (Wildman–Crippen MR) is 73.1 cm³/mol. The first-order valence-electron chi connectivity index (χ1n) is 5.23. The second-order valence-corrected chi connectivity index (χ2v) is 5.32. The average molecular weight is 310 g/mol. The van der Waals surface area contributed by atoms with Crippen LogP contribution in [0.3, 0.4) is 0 Å². The average Bonchev–Trinajstić information content (AvgIpc) is 2.34. The summed E-state index contributed by atoms with van der Waals surface area (Å²) in [5.41, 5.74) is 6.77. The lowest BCUT2D eigenvalue weighted by Gasteiger charge is -2.05. The van der Waals surface area contributed by atoms with E-state index in [2.05, 4.69) is 44.1 Å². The van der Waals surface area contributed by atoms with Gasteiger partial charge in [0.2, 0.25) is 0 Å². The van der Waals surface area contributed by atoms with E-state index in [9.17, 15) is 0 Å². The van der Waals surface area contributed by atoms with E-state index in [4.69, 9.17) is 5.73 Å². The Labute approximate surface area is 113 Å². The van der Waals surface area contributed by atoms with Crippen LogP contribution in [0.1, 0.15) is 5.56 Å². The standard InChI is InChI=1S/C12H12BrN3S/c13-11-8-10(3-2-9(11)4-5-14)17-12-15-6-1-7-16-12/h1-3,6-8H,4-5,14H2. The summed E-state index contributed by atoms with van der Waals surface area (Å²) >= 11 is 5.10. The smallest absolute Gasteiger partial charge is 0.192 e. The molecule has 17 heavy (non-hydrogen) atoms. The summed E-state index contributed by atoms with van der Waals surface area (Å²) in [6, 6.07) is 8.04. The summed E-state index contributed by atoms with van der Waals surface area (Å²) in [4.78, 5) is 9.47. The van der Waals surface area contributed by atoms with Crippen LogP contribution in [0.25, 0.3) is 0 Å². The van der Waals surface area contributed by atoms with Gasteiger partial charge in [-0.05, 0) is 48.5 Å². The minimum Gasteiger partial charge on any atom is -0.330 e. The molecule has 88 valence electrons. The fourth-order valence-electron chi connectivity index (χ4n) is 1.39. The quantitative estimate of drug-likeness (QED) is 0.882. The number of nitrogens with two attached hydrogens (primary N) is 1. The van der Waals surface area contributed by atoms with E-state index in [0.717, 1.165) is 20.9 Å². The summed E-state index contributed by atoms with van der Waals surface area (Å²) in [6.45, 7) is 0.660. The molecular weight excluding hydrogens is 298 g/mol. The lowest BCUT2D eigenvalue weighted by molar-refractivity contribution is 0.956. The summed E-state index contributed by atoms with van der Waals surface area (Å²) in [6.07, 6.45) is 4.37. The molecule has 0 spiro atoms. The molecule has 0 saturated carbocycles. The molecule has 0 atom stereocenters. The van der Waals surface area contributed by atoms with E-state index in [-0.39, 0.29) is 0 Å². The minimum atomic E-state index is 0.660. The molecule has 0 radical (unpaired) electrons. The van der Waals surface area contributed by atoms with E-state index >= 15 is 0 Å². The maximum Gasteiger partial charge on any atom is 0.192 e. The van der Waals surface area contributed by atoms with Gasteiger partial charge in [0, 0.05) is 21.8 Å². The van der Waals surface area contributed by atoms with Gasteiger partial charge < -0.3 is 5.73 Å². The minimum absolute atomic E-state index is 0.660. The Balaban J connectivity index is 2.15. The molecule has 1 heterocycles. The van der Waals surface area contributed by atoms with Crippen LogP contribution in [0, 0.1) is 0 Å². The third-order valence-corrected chi connectivity index (χ3v) is 3.81. The second kappa shape index (κ2) is 6.14. The van der Waals surface area contributed by atoms with Crippen molar-refractivity contribution in [3.8, 4) is 0 Å². The van der Waals surface area contributed by atoms with Gasteiger partial charge >= 0.3 is 0 Å². The van der Waals surface area contributed by atoms with E-state index in [1.807, 2.05) is 6.07 Å². The van der Waals surface area contributed by atoms with Crippen molar-refractivity contribution in [2.75, 3.05) is 6.54 Å². The number of halogens is 1. The van der Waals surface area contributed by atoms with Crippen LogP contribution >= 0.6 is 27.7 Å². The molecule has 0 bridgehead atoms. The van der Waals surface area contributed by atoms with Gasteiger partial charge in [0.15, 0.2) is 5.16 Å². The van der Waals surface area contributed by atoms with Crippen molar-refractivity contribution in [2.45, 2.75) is 16.5 Å². The van der Waals surface area contributed by atoms with E-state index < -0.39 is 0 Å². The second-order valence-electron chi connectivity index (χ2n) is 3.43. The molecule has 1 aromatic heterocycles. The largest absolute Gasteiger partial charge is 0.330 e. The first-order valence-corrected chi connectivity index (χ1v) is 6.84. The van der Waals surface area contributed by atoms with E-state index in [1.54, 1.807) is 24.2 Å². The molecule has 1 aromatic carbocycles. The highest BCUT2D eigenvalue weighted by Crippen LogP contribution is 2.28. The maximum absolute atomic E-state index is 5.55. The van der Waals surface area contributed by atoms with Crippen molar-refractivity contribution in [3.63, 3.8) is 0 Å². The molecule has 0 aliphatic heterocycles. The van der Waals surface area contributed by atoms with Crippen LogP contribution in [0.2, 0.25) is 0 Å². The molecular formula is C12H12BrN3S. The number of nitrogens with zero attached hydrogens (tertiary/aromatic N) is 2. The zero-order valence-electron chi connectivity index (χ0n) is 9.14. The van der Waals surface area contributed by atoms with Gasteiger partial charge in [0.1, 0.15) is 0 Å². The Morgan fingerprint density at radius 2 is 2.00 bits per heavy atom. The zero-order chi connectivity index (χ0) is 12.1. The fourth-order valence-corrected chi connectivity index (χ4v) is 2.87. The first-order chi connectivity index (χ1) is 8.29. The van der Waals surface area contributed by atoms with Crippen molar-refractivity contribution in [3.05, 3.63) is 46.7 Å². The highest BCUT2D eigenvalue weighted by atomic mass is 79.9. The van der Waals surface area contributed by atoms with Crippen LogP contribution in [-0.2, 0) is 6.42 Å². The number of hydrogen-bond donors (Lipinski definition) is 1. The summed E-state index contributed by atoms with van der Waals surface area (Å²) in [5, 5.41) is 0.756. The van der Waals surface area contributed by atoms with Crippen molar-refractivity contribution >= 4 is 27.7 Å². The fraction of sp³-hybridized carbons (Fsp3) is 0.167. The van der Waals surface area contributed by atoms with Crippen molar-refractivity contribution in [1.29, 1.82) is 0 Å². The van der Waals surface area contributed by atoms with Crippen LogP contribution < -0.4 is 5.73 Å². The monoisotopic (exact) mass is 309 g/mol. The molecule has 2 N–H and O–H groups in total. The summed E-state index contributed by atoms with van der Waals surface area (Å²) in [7, 11) is 0. The molecule has 0 amide bonds. The van der Waals surface area contributed by atoms with Crippen molar-refractivity contribution in [1.82, 2.24) is 9.97 Å². The van der Waals surface area contributed by atoms with Crippen LogP contribution in [0.4, 0.5) is 0 Å². The Morgan fingerprint density at radius 3 is 2.65 bits per heavy atom. The topological polar surface area (TPSA) is 51.8 Å². The van der Waals surface area contributed by atoms with Crippen LogP contribution in [0.5, 0.6) is 0 Å². The lowest BCUT2D eigenvalue weighted by Crippen LogP contribution is -2.03. The highest BCUT2D eigenvalue weighted by molar-refractivity contribution is 9.10. The molecule has 2 aromatic rings. The SMILES string of the molecule is NCCc1ccc(Sc2ncccn2)cc1Br. The Hall–Kier alpha value is -0.910. The van der Waals surface area contributed by atoms with Crippen molar-refractivity contribution in [2.24, 2.45) is 5.73 Å². The van der Waals surface area contributed by atoms with Crippen molar-refractivity contribution < 1.29 is 0 Å². The van der Waals surface area contributed by atoms with Gasteiger partial charge in [-0.3, -0.25) is 0 Å². The third-order valence-electron chi connectivity index (χ3n) is 2.19. The molecule has 0 aliphatic carbocycles. The highest BCUT2D eigenvalue weighted by Gasteiger charge is 2.03. The molecule has 2 rings (SSSR count). The van der Waals surface area contributed by atoms with E-state index in [0.29, 0.717) is 6.54 Å². The summed E-state index contributed by atoms with van der Waals surface area (Å²) in [5.74, 6) is 0. The Bertz CT molecular complexity index is 490. The van der Waals surface area contributed by atoms with Crippen LogP contribution in [-0.4, -0.2) is 16.5 Å². The first kappa shape index (κ1) is 12.5. The zero-order valence-corrected chi connectivity index (χ0v) is 11.5. The van der Waals surface area contributed by atoms with E-state index in [1.165, 1.54) is 5.56 Å². The Kier molecular flexibility index (Phi) is 4.53. The lowest BCUT2D eigenvalue weighted by atomic mass is 10.1. The number of rotatable bonds is 4. The molecule has 0 aliphatic rings. The Morgan fingerprint density at radius 1 is 1.24 bits per heavy atom. The van der Waals surface area contributed by atoms with Crippen LogP contribution in [0.15, 0.2) is 51.2 Å². The summed E-state index contributed by atoms with van der Waals surface area (Å²) < 4.78 is 1.09. The van der Waals surface area contributed by atoms with Gasteiger partial charge in [0.05, 0.1) is 0 Å². The van der Waals surface area contributed by atoms with Gasteiger partial charge in [-0.15, -0.1) is 0 Å². The molecule has 3 nitrogen and oxygen atoms in total. The molecule has 0 saturated heterocycles. The van der Waals surface area contributed by atoms with Gasteiger partial charge in [-0.25, -0.2) is 9.97 Å².